The number of rotatable bonds is 6. The maximum atomic E-state index is 13.4. The first kappa shape index (κ1) is 20.9. The lowest BCUT2D eigenvalue weighted by Crippen LogP contribution is -2.76. The molecular weight excluding hydrogens is 306 g/mol. The second-order valence-corrected chi connectivity index (χ2v) is 8.42. The van der Waals surface area contributed by atoms with Gasteiger partial charge in [0.2, 0.25) is 5.91 Å². The van der Waals surface area contributed by atoms with Crippen LogP contribution >= 0.6 is 0 Å². The lowest BCUT2D eigenvalue weighted by atomic mass is 9.80. The summed E-state index contributed by atoms with van der Waals surface area (Å²) >= 11 is 0. The molecule has 1 aliphatic rings. The molecule has 0 saturated carbocycles. The first-order valence-electron chi connectivity index (χ1n) is 8.67. The Hall–Kier alpha value is -1.16. The molecule has 1 saturated heterocycles. The highest BCUT2D eigenvalue weighted by atomic mass is 16.7. The largest absolute Gasteiger partial charge is 0.394 e. The normalized spacial score (nSPS) is 21.7. The van der Waals surface area contributed by atoms with Crippen LogP contribution in [-0.2, 0) is 9.63 Å². The third-order valence-corrected chi connectivity index (χ3v) is 5.00. The van der Waals surface area contributed by atoms with Crippen molar-refractivity contribution in [2.45, 2.75) is 90.4 Å². The van der Waals surface area contributed by atoms with Crippen LogP contribution in [0.5, 0.6) is 0 Å². The van der Waals surface area contributed by atoms with E-state index in [0.29, 0.717) is 19.4 Å². The summed E-state index contributed by atoms with van der Waals surface area (Å²) in [6.07, 6.45) is 1.12. The molecule has 0 bridgehead atoms. The Kier molecular flexibility index (Phi) is 5.76. The van der Waals surface area contributed by atoms with Gasteiger partial charge in [-0.2, -0.15) is 10.3 Å². The summed E-state index contributed by atoms with van der Waals surface area (Å²) in [5.74, 6) is -0.0559. The molecule has 1 amide bonds. The minimum absolute atomic E-state index is 0.0559. The van der Waals surface area contributed by atoms with E-state index in [4.69, 9.17) is 4.84 Å². The van der Waals surface area contributed by atoms with E-state index in [1.54, 1.807) is 23.8 Å². The molecule has 0 aromatic carbocycles. The zero-order chi connectivity index (χ0) is 19.0. The highest BCUT2D eigenvalue weighted by Crippen LogP contribution is 2.42. The van der Waals surface area contributed by atoms with Crippen LogP contribution in [0.3, 0.4) is 0 Å². The van der Waals surface area contributed by atoms with Gasteiger partial charge in [0.25, 0.3) is 0 Å². The van der Waals surface area contributed by atoms with Crippen LogP contribution in [0.25, 0.3) is 0 Å². The Morgan fingerprint density at radius 2 is 1.75 bits per heavy atom. The number of hydrogen-bond donors (Lipinski definition) is 1. The first-order valence-corrected chi connectivity index (χ1v) is 8.67. The summed E-state index contributed by atoms with van der Waals surface area (Å²) in [5.41, 5.74) is -3.04. The van der Waals surface area contributed by atoms with Crippen LogP contribution in [0, 0.1) is 11.3 Å². The van der Waals surface area contributed by atoms with Gasteiger partial charge in [-0.1, -0.05) is 13.8 Å². The average Bonchev–Trinajstić information content (AvgIpc) is 2.51. The van der Waals surface area contributed by atoms with Gasteiger partial charge in [0.15, 0.2) is 5.60 Å². The second-order valence-electron chi connectivity index (χ2n) is 8.42. The molecule has 6 heteroatoms. The summed E-state index contributed by atoms with van der Waals surface area (Å²) in [6.45, 7) is 15.4. The summed E-state index contributed by atoms with van der Waals surface area (Å²) in [7, 11) is 0. The molecule has 0 aromatic heterocycles. The molecule has 138 valence electrons. The number of piperazine rings is 1. The van der Waals surface area contributed by atoms with Crippen LogP contribution in [0.4, 0.5) is 0 Å². The molecule has 24 heavy (non-hydrogen) atoms. The van der Waals surface area contributed by atoms with Gasteiger partial charge >= 0.3 is 0 Å². The molecule has 1 aliphatic heterocycles. The molecule has 0 unspecified atom stereocenters. The predicted molar refractivity (Wildman–Crippen MR) is 92.9 cm³/mol. The Morgan fingerprint density at radius 1 is 1.25 bits per heavy atom. The number of amides is 1. The molecule has 1 N–H and O–H groups in total. The van der Waals surface area contributed by atoms with E-state index in [0.717, 1.165) is 0 Å². The van der Waals surface area contributed by atoms with Crippen LogP contribution in [0.15, 0.2) is 0 Å². The predicted octanol–water partition coefficient (Wildman–Crippen LogP) is 2.47. The van der Waals surface area contributed by atoms with Crippen molar-refractivity contribution in [3.63, 3.8) is 0 Å². The summed E-state index contributed by atoms with van der Waals surface area (Å²) in [4.78, 5) is 21.2. The molecule has 0 atom stereocenters. The van der Waals surface area contributed by atoms with Crippen molar-refractivity contribution in [3.8, 4) is 6.07 Å². The van der Waals surface area contributed by atoms with E-state index in [1.165, 1.54) is 0 Å². The van der Waals surface area contributed by atoms with Gasteiger partial charge in [0.05, 0.1) is 23.8 Å². The van der Waals surface area contributed by atoms with Gasteiger partial charge in [0.1, 0.15) is 5.54 Å². The summed E-state index contributed by atoms with van der Waals surface area (Å²) < 4.78 is 0. The van der Waals surface area contributed by atoms with Crippen LogP contribution in [0.1, 0.15) is 68.2 Å². The zero-order valence-corrected chi connectivity index (χ0v) is 16.4. The fourth-order valence-electron chi connectivity index (χ4n) is 3.31. The number of hydroxylamine groups is 2. The van der Waals surface area contributed by atoms with Gasteiger partial charge in [-0.25, -0.2) is 0 Å². The maximum absolute atomic E-state index is 13.4. The topological polar surface area (TPSA) is 76.8 Å². The lowest BCUT2D eigenvalue weighted by Gasteiger charge is -2.59. The Morgan fingerprint density at radius 3 is 2.12 bits per heavy atom. The van der Waals surface area contributed by atoms with E-state index in [1.807, 2.05) is 41.5 Å². The molecule has 1 rings (SSSR count). The Labute approximate surface area is 146 Å². The zero-order valence-electron chi connectivity index (χ0n) is 16.4. The van der Waals surface area contributed by atoms with Gasteiger partial charge < -0.3 is 10.0 Å². The maximum Gasteiger partial charge on any atom is 0.246 e. The van der Waals surface area contributed by atoms with Crippen molar-refractivity contribution < 1.29 is 14.7 Å². The van der Waals surface area contributed by atoms with Crippen molar-refractivity contribution in [1.82, 2.24) is 9.96 Å². The van der Waals surface area contributed by atoms with Gasteiger partial charge in [-0.3, -0.25) is 9.63 Å². The SMILES string of the molecule is CCC1(CC)C(=O)N(C(C)(C)CO)CC(C)(C)N1OC(C)(C)C#N. The van der Waals surface area contributed by atoms with Crippen molar-refractivity contribution in [3.05, 3.63) is 0 Å². The number of carbonyl (C=O) groups excluding carboxylic acids is 1. The molecule has 1 fully saturated rings. The summed E-state index contributed by atoms with van der Waals surface area (Å²) in [6, 6.07) is 2.15. The van der Waals surface area contributed by atoms with Crippen LogP contribution in [-0.4, -0.2) is 56.3 Å². The highest BCUT2D eigenvalue weighted by Gasteiger charge is 2.58. The quantitative estimate of drug-likeness (QED) is 0.804. The molecule has 0 aliphatic carbocycles. The number of carbonyl (C=O) groups is 1. The average molecular weight is 339 g/mol. The molecule has 0 aromatic rings. The van der Waals surface area contributed by atoms with Crippen molar-refractivity contribution in [2.75, 3.05) is 13.2 Å². The van der Waals surface area contributed by atoms with Gasteiger partial charge in [-0.15, -0.1) is 0 Å². The fourth-order valence-corrected chi connectivity index (χ4v) is 3.31. The highest BCUT2D eigenvalue weighted by molar-refractivity contribution is 5.88. The molecule has 6 nitrogen and oxygen atoms in total. The number of hydrogen-bond acceptors (Lipinski definition) is 5. The number of nitriles is 1. The number of nitrogens with zero attached hydrogens (tertiary/aromatic N) is 3. The third-order valence-electron chi connectivity index (χ3n) is 5.00. The third kappa shape index (κ3) is 3.44. The van der Waals surface area contributed by atoms with Crippen LogP contribution in [0.2, 0.25) is 0 Å². The molecular formula is C18H33N3O3. The number of aliphatic hydroxyl groups excluding tert-OH is 1. The van der Waals surface area contributed by atoms with Crippen molar-refractivity contribution >= 4 is 5.91 Å². The minimum atomic E-state index is -1.03. The van der Waals surface area contributed by atoms with Crippen molar-refractivity contribution in [2.24, 2.45) is 0 Å². The van der Waals surface area contributed by atoms with E-state index in [-0.39, 0.29) is 12.5 Å². The first-order chi connectivity index (χ1) is 10.8. The molecule has 0 radical (unpaired) electrons. The van der Waals surface area contributed by atoms with E-state index in [9.17, 15) is 15.2 Å². The molecule has 0 spiro atoms. The fraction of sp³-hybridized carbons (Fsp3) is 0.889. The van der Waals surface area contributed by atoms with E-state index < -0.39 is 22.2 Å². The van der Waals surface area contributed by atoms with E-state index >= 15 is 0 Å². The van der Waals surface area contributed by atoms with Gasteiger partial charge in [0, 0.05) is 6.54 Å². The van der Waals surface area contributed by atoms with Gasteiger partial charge in [-0.05, 0) is 54.4 Å². The second kappa shape index (κ2) is 6.62. The van der Waals surface area contributed by atoms with Crippen molar-refractivity contribution in [1.29, 1.82) is 5.26 Å². The van der Waals surface area contributed by atoms with E-state index in [2.05, 4.69) is 6.07 Å². The standard InChI is InChI=1S/C18H33N3O3/c1-9-18(10-2)14(23)20(16(5,6)13-22)12-15(3,4)21(18)24-17(7,8)11-19/h22H,9-10,12-13H2,1-8H3. The Balaban J connectivity index is 3.46. The smallest absolute Gasteiger partial charge is 0.246 e. The van der Waals surface area contributed by atoms with Crippen LogP contribution < -0.4 is 0 Å². The molecule has 1 heterocycles. The Bertz CT molecular complexity index is 516. The minimum Gasteiger partial charge on any atom is -0.394 e. The summed E-state index contributed by atoms with van der Waals surface area (Å²) in [5, 5.41) is 20.9. The number of aliphatic hydroxyl groups is 1. The monoisotopic (exact) mass is 339 g/mol. The lowest BCUT2D eigenvalue weighted by molar-refractivity contribution is -0.322.